The average molecular weight is 375 g/mol. The summed E-state index contributed by atoms with van der Waals surface area (Å²) in [6.45, 7) is 7.03. The molecule has 6 nitrogen and oxygen atoms in total. The molecular weight excluding hydrogens is 354 g/mol. The molecule has 6 heteroatoms. The lowest BCUT2D eigenvalue weighted by Crippen LogP contribution is -1.99. The molecule has 0 bridgehead atoms. The number of para-hydroxylation sites is 1. The molecule has 0 N–H and O–H groups in total. The molecule has 4 rings (SSSR count). The largest absolute Gasteiger partial charge is 0.494 e. The lowest BCUT2D eigenvalue weighted by Gasteiger charge is -2.09. The van der Waals surface area contributed by atoms with E-state index >= 15 is 0 Å². The van der Waals surface area contributed by atoms with Crippen LogP contribution in [0, 0.1) is 6.92 Å². The highest BCUT2D eigenvalue weighted by molar-refractivity contribution is 5.87. The van der Waals surface area contributed by atoms with Crippen LogP contribution in [0.3, 0.4) is 0 Å². The Morgan fingerprint density at radius 3 is 2.46 bits per heavy atom. The second kappa shape index (κ2) is 7.68. The van der Waals surface area contributed by atoms with E-state index in [1.165, 1.54) is 0 Å². The second-order valence-electron chi connectivity index (χ2n) is 6.30. The van der Waals surface area contributed by atoms with Crippen molar-refractivity contribution >= 4 is 10.9 Å². The average Bonchev–Trinajstić information content (AvgIpc) is 3.19. The first-order valence-electron chi connectivity index (χ1n) is 9.30. The number of ether oxygens (including phenoxy) is 2. The van der Waals surface area contributed by atoms with Gasteiger partial charge in [0.25, 0.3) is 5.89 Å². The summed E-state index contributed by atoms with van der Waals surface area (Å²) >= 11 is 0. The molecule has 0 atom stereocenters. The van der Waals surface area contributed by atoms with Gasteiger partial charge in [0.2, 0.25) is 11.7 Å². The van der Waals surface area contributed by atoms with Crippen LogP contribution < -0.4 is 9.47 Å². The summed E-state index contributed by atoms with van der Waals surface area (Å²) in [6, 6.07) is 15.6. The summed E-state index contributed by atoms with van der Waals surface area (Å²) in [5.41, 5.74) is 3.53. The van der Waals surface area contributed by atoms with E-state index in [0.29, 0.717) is 36.4 Å². The molecule has 0 aliphatic rings. The van der Waals surface area contributed by atoms with Crippen molar-refractivity contribution in [3.05, 3.63) is 54.1 Å². The van der Waals surface area contributed by atoms with E-state index in [2.05, 4.69) is 10.1 Å². The van der Waals surface area contributed by atoms with E-state index in [9.17, 15) is 0 Å². The van der Waals surface area contributed by atoms with Crippen LogP contribution in [0.15, 0.2) is 53.1 Å². The molecule has 28 heavy (non-hydrogen) atoms. The van der Waals surface area contributed by atoms with Gasteiger partial charge in [0.1, 0.15) is 5.75 Å². The molecule has 0 saturated heterocycles. The van der Waals surface area contributed by atoms with Crippen LogP contribution in [-0.2, 0) is 0 Å². The Labute approximate surface area is 163 Å². The molecular formula is C22H21N3O3. The van der Waals surface area contributed by atoms with Crippen LogP contribution in [0.25, 0.3) is 33.7 Å². The quantitative estimate of drug-likeness (QED) is 0.469. The molecule has 4 aromatic rings. The van der Waals surface area contributed by atoms with Gasteiger partial charge in [0, 0.05) is 10.9 Å². The maximum atomic E-state index is 5.76. The highest BCUT2D eigenvalue weighted by Crippen LogP contribution is 2.32. The standard InChI is InChI=1S/C22H21N3O3/c1-4-26-17-11-9-15(10-12-17)21-24-20(25-28-21)18-13-16-8-6-7-14(3)19(16)23-22(18)27-5-2/h6-13H,4-5H2,1-3H3. The zero-order chi connectivity index (χ0) is 19.5. The van der Waals surface area contributed by atoms with Gasteiger partial charge in [0.15, 0.2) is 0 Å². The molecule has 0 aliphatic heterocycles. The zero-order valence-electron chi connectivity index (χ0n) is 16.1. The molecule has 0 unspecified atom stereocenters. The highest BCUT2D eigenvalue weighted by Gasteiger charge is 2.18. The number of benzene rings is 2. The Balaban J connectivity index is 1.75. The van der Waals surface area contributed by atoms with Crippen molar-refractivity contribution in [3.8, 4) is 34.5 Å². The third-order valence-electron chi connectivity index (χ3n) is 4.37. The summed E-state index contributed by atoms with van der Waals surface area (Å²) in [5.74, 6) is 2.19. The lowest BCUT2D eigenvalue weighted by atomic mass is 10.1. The normalized spacial score (nSPS) is 11.0. The Morgan fingerprint density at radius 1 is 0.929 bits per heavy atom. The fourth-order valence-electron chi connectivity index (χ4n) is 3.05. The maximum absolute atomic E-state index is 5.76. The minimum absolute atomic E-state index is 0.435. The summed E-state index contributed by atoms with van der Waals surface area (Å²) in [6.07, 6.45) is 0. The summed E-state index contributed by atoms with van der Waals surface area (Å²) in [4.78, 5) is 9.25. The molecule has 0 amide bonds. The van der Waals surface area contributed by atoms with Crippen molar-refractivity contribution in [2.24, 2.45) is 0 Å². The van der Waals surface area contributed by atoms with Crippen molar-refractivity contribution in [3.63, 3.8) is 0 Å². The fourth-order valence-corrected chi connectivity index (χ4v) is 3.05. The highest BCUT2D eigenvalue weighted by atomic mass is 16.5. The molecule has 0 saturated carbocycles. The number of nitrogens with zero attached hydrogens (tertiary/aromatic N) is 3. The number of fused-ring (bicyclic) bond motifs is 1. The van der Waals surface area contributed by atoms with Crippen LogP contribution in [-0.4, -0.2) is 28.3 Å². The number of hydrogen-bond donors (Lipinski definition) is 0. The third kappa shape index (κ3) is 3.41. The monoisotopic (exact) mass is 375 g/mol. The van der Waals surface area contributed by atoms with Crippen molar-refractivity contribution in [2.45, 2.75) is 20.8 Å². The van der Waals surface area contributed by atoms with E-state index in [0.717, 1.165) is 27.8 Å². The van der Waals surface area contributed by atoms with Gasteiger partial charge >= 0.3 is 0 Å². The molecule has 0 radical (unpaired) electrons. The number of hydrogen-bond acceptors (Lipinski definition) is 6. The zero-order valence-corrected chi connectivity index (χ0v) is 16.1. The first-order chi connectivity index (χ1) is 13.7. The maximum Gasteiger partial charge on any atom is 0.258 e. The van der Waals surface area contributed by atoms with E-state index in [4.69, 9.17) is 19.0 Å². The Morgan fingerprint density at radius 2 is 1.71 bits per heavy atom. The lowest BCUT2D eigenvalue weighted by molar-refractivity contribution is 0.329. The minimum Gasteiger partial charge on any atom is -0.494 e. The molecule has 142 valence electrons. The van der Waals surface area contributed by atoms with Gasteiger partial charge in [-0.1, -0.05) is 23.4 Å². The van der Waals surface area contributed by atoms with Gasteiger partial charge in [-0.05, 0) is 56.7 Å². The predicted molar refractivity (Wildman–Crippen MR) is 108 cm³/mol. The second-order valence-corrected chi connectivity index (χ2v) is 6.30. The van der Waals surface area contributed by atoms with Crippen LogP contribution in [0.2, 0.25) is 0 Å². The summed E-state index contributed by atoms with van der Waals surface area (Å²) in [7, 11) is 0. The van der Waals surface area contributed by atoms with E-state index < -0.39 is 0 Å². The molecule has 2 aromatic carbocycles. The minimum atomic E-state index is 0.435. The smallest absolute Gasteiger partial charge is 0.258 e. The Hall–Kier alpha value is -3.41. The van der Waals surface area contributed by atoms with Crippen molar-refractivity contribution < 1.29 is 14.0 Å². The third-order valence-corrected chi connectivity index (χ3v) is 4.37. The first-order valence-corrected chi connectivity index (χ1v) is 9.30. The predicted octanol–water partition coefficient (Wildman–Crippen LogP) is 5.06. The summed E-state index contributed by atoms with van der Waals surface area (Å²) < 4.78 is 16.7. The Bertz CT molecular complexity index is 1100. The topological polar surface area (TPSA) is 70.3 Å². The number of pyridine rings is 1. The van der Waals surface area contributed by atoms with Crippen LogP contribution in [0.5, 0.6) is 11.6 Å². The first kappa shape index (κ1) is 18.0. The van der Waals surface area contributed by atoms with E-state index in [1.54, 1.807) is 0 Å². The molecule has 0 spiro atoms. The number of aryl methyl sites for hydroxylation is 1. The number of rotatable bonds is 6. The van der Waals surface area contributed by atoms with Crippen LogP contribution in [0.1, 0.15) is 19.4 Å². The SMILES string of the molecule is CCOc1ccc(-c2nc(-c3cc4cccc(C)c4nc3OCC)no2)cc1. The van der Waals surface area contributed by atoms with Crippen molar-refractivity contribution in [1.29, 1.82) is 0 Å². The molecule has 2 heterocycles. The van der Waals surface area contributed by atoms with Gasteiger partial charge in [-0.2, -0.15) is 4.98 Å². The van der Waals surface area contributed by atoms with Crippen molar-refractivity contribution in [2.75, 3.05) is 13.2 Å². The molecule has 0 fully saturated rings. The van der Waals surface area contributed by atoms with Crippen LogP contribution in [0.4, 0.5) is 0 Å². The molecule has 0 aliphatic carbocycles. The van der Waals surface area contributed by atoms with Crippen LogP contribution >= 0.6 is 0 Å². The van der Waals surface area contributed by atoms with Gasteiger partial charge in [0.05, 0.1) is 24.3 Å². The van der Waals surface area contributed by atoms with Gasteiger partial charge < -0.3 is 14.0 Å². The van der Waals surface area contributed by atoms with E-state index in [1.807, 2.05) is 69.3 Å². The molecule has 2 aromatic heterocycles. The van der Waals surface area contributed by atoms with E-state index in [-0.39, 0.29) is 0 Å². The summed E-state index contributed by atoms with van der Waals surface area (Å²) in [5, 5.41) is 5.16. The van der Waals surface area contributed by atoms with Gasteiger partial charge in [-0.25, -0.2) is 4.98 Å². The fraction of sp³-hybridized carbons (Fsp3) is 0.227. The van der Waals surface area contributed by atoms with Gasteiger partial charge in [-0.3, -0.25) is 0 Å². The van der Waals surface area contributed by atoms with Crippen molar-refractivity contribution in [1.82, 2.24) is 15.1 Å². The Kier molecular flexibility index (Phi) is 4.93. The number of aromatic nitrogens is 3. The van der Waals surface area contributed by atoms with Gasteiger partial charge in [-0.15, -0.1) is 0 Å².